The highest BCUT2D eigenvalue weighted by molar-refractivity contribution is 7.85. The highest BCUT2D eigenvalue weighted by Crippen LogP contribution is 2.29. The fourth-order valence-electron chi connectivity index (χ4n) is 4.09. The van der Waals surface area contributed by atoms with E-state index in [-0.39, 0.29) is 5.56 Å². The van der Waals surface area contributed by atoms with Gasteiger partial charge in [0, 0.05) is 46.7 Å². The molecule has 2 N–H and O–H groups in total. The third kappa shape index (κ3) is 3.82. The Kier molecular flexibility index (Phi) is 5.14. The monoisotopic (exact) mass is 337 g/mol. The van der Waals surface area contributed by atoms with Crippen LogP contribution in [0.2, 0.25) is 0 Å². The van der Waals surface area contributed by atoms with Gasteiger partial charge >= 0.3 is 0 Å². The van der Waals surface area contributed by atoms with Crippen molar-refractivity contribution in [3.05, 3.63) is 46.9 Å². The maximum atomic E-state index is 12.0. The first-order chi connectivity index (χ1) is 11.1. The van der Waals surface area contributed by atoms with Crippen molar-refractivity contribution in [3.63, 3.8) is 0 Å². The lowest BCUT2D eigenvalue weighted by Gasteiger charge is -2.40. The molecule has 6 heteroatoms. The first-order valence-corrected chi connectivity index (χ1v) is 9.73. The summed E-state index contributed by atoms with van der Waals surface area (Å²) in [5, 5.41) is 10.2. The summed E-state index contributed by atoms with van der Waals surface area (Å²) < 4.78 is 13.6. The second-order valence-corrected chi connectivity index (χ2v) is 8.32. The smallest absolute Gasteiger partial charge is 0.250 e. The summed E-state index contributed by atoms with van der Waals surface area (Å²) in [5.74, 6) is 1.63. The molecule has 126 valence electrons. The number of hydrogen-bond acceptors (Lipinski definition) is 3. The lowest BCUT2D eigenvalue weighted by molar-refractivity contribution is -0.913. The van der Waals surface area contributed by atoms with Crippen LogP contribution in [0.4, 0.5) is 0 Å². The topological polar surface area (TPSA) is 63.7 Å². The molecule has 2 aliphatic rings. The molecule has 0 aromatic carbocycles. The Morgan fingerprint density at radius 2 is 2.30 bits per heavy atom. The Bertz CT molecular complexity index is 657. The van der Waals surface area contributed by atoms with E-state index in [0.717, 1.165) is 31.7 Å². The number of fused-ring (bicyclic) bond motifs is 4. The molecule has 2 aliphatic heterocycles. The van der Waals surface area contributed by atoms with E-state index in [1.165, 1.54) is 4.90 Å². The normalized spacial score (nSPS) is 28.7. The van der Waals surface area contributed by atoms with E-state index in [1.54, 1.807) is 12.1 Å². The van der Waals surface area contributed by atoms with E-state index in [1.807, 2.05) is 10.6 Å². The van der Waals surface area contributed by atoms with Gasteiger partial charge in [-0.2, -0.15) is 0 Å². The zero-order valence-corrected chi connectivity index (χ0v) is 14.1. The molecule has 1 saturated heterocycles. The first-order valence-electron chi connectivity index (χ1n) is 8.24. The third-order valence-electron chi connectivity index (χ3n) is 4.88. The van der Waals surface area contributed by atoms with Crippen LogP contribution in [-0.2, 0) is 17.3 Å². The van der Waals surface area contributed by atoms with Crippen LogP contribution >= 0.6 is 0 Å². The van der Waals surface area contributed by atoms with E-state index in [9.17, 15) is 14.1 Å². The second-order valence-electron chi connectivity index (χ2n) is 6.78. The molecule has 23 heavy (non-hydrogen) atoms. The zero-order chi connectivity index (χ0) is 16.4. The van der Waals surface area contributed by atoms with Crippen molar-refractivity contribution in [2.45, 2.75) is 25.0 Å². The van der Waals surface area contributed by atoms with Crippen molar-refractivity contribution >= 4 is 10.8 Å². The second kappa shape index (κ2) is 7.11. The molecule has 1 aromatic rings. The van der Waals surface area contributed by atoms with Gasteiger partial charge in [0.2, 0.25) is 0 Å². The standard InChI is InChI=1S/C17H24N2O3S/c1-2-6-23(22)12-15(20)11-18-8-13-7-14(10-18)16-4-3-5-17(21)19(16)9-13/h2-5,13-15,20H,1,6-12H2/p+1/t13-,14+,15+,23-/m1/s1. The van der Waals surface area contributed by atoms with Crippen LogP contribution in [0.25, 0.3) is 0 Å². The van der Waals surface area contributed by atoms with Crippen LogP contribution in [0.15, 0.2) is 35.6 Å². The van der Waals surface area contributed by atoms with E-state index in [4.69, 9.17) is 0 Å². The van der Waals surface area contributed by atoms with Crippen molar-refractivity contribution in [2.75, 3.05) is 31.1 Å². The molecule has 1 fully saturated rings. The van der Waals surface area contributed by atoms with Crippen molar-refractivity contribution in [2.24, 2.45) is 5.92 Å². The minimum Gasteiger partial charge on any atom is -0.386 e. The lowest BCUT2D eigenvalue weighted by Crippen LogP contribution is -3.15. The fourth-order valence-corrected chi connectivity index (χ4v) is 5.04. The Hall–Kier alpha value is -1.24. The molecule has 0 saturated carbocycles. The lowest BCUT2D eigenvalue weighted by atomic mass is 9.83. The average molecular weight is 337 g/mol. The van der Waals surface area contributed by atoms with Gasteiger partial charge in [-0.3, -0.25) is 9.00 Å². The van der Waals surface area contributed by atoms with Gasteiger partial charge in [-0.15, -0.1) is 6.58 Å². The van der Waals surface area contributed by atoms with Crippen LogP contribution in [0.5, 0.6) is 0 Å². The van der Waals surface area contributed by atoms with Crippen LogP contribution in [0, 0.1) is 5.92 Å². The summed E-state index contributed by atoms with van der Waals surface area (Å²) in [7, 11) is -1.03. The molecule has 2 bridgehead atoms. The molecule has 0 radical (unpaired) electrons. The summed E-state index contributed by atoms with van der Waals surface area (Å²) in [6.45, 7) is 6.91. The SMILES string of the molecule is C=CC[S@@](=O)C[C@@H](O)C[NH+]1C[C@H]2C[C@@H](C1)c1cccc(=O)n1C2. The number of pyridine rings is 1. The van der Waals surface area contributed by atoms with Gasteiger partial charge in [-0.05, 0) is 12.5 Å². The number of nitrogens with one attached hydrogen (secondary N) is 1. The molecule has 0 spiro atoms. The maximum Gasteiger partial charge on any atom is 0.250 e. The highest BCUT2D eigenvalue weighted by Gasteiger charge is 2.37. The van der Waals surface area contributed by atoms with Crippen LogP contribution in [0.1, 0.15) is 18.0 Å². The van der Waals surface area contributed by atoms with Crippen molar-refractivity contribution in [1.29, 1.82) is 0 Å². The molecule has 3 heterocycles. The van der Waals surface area contributed by atoms with E-state index in [0.29, 0.717) is 29.9 Å². The van der Waals surface area contributed by atoms with Crippen molar-refractivity contribution < 1.29 is 14.2 Å². The molecule has 5 nitrogen and oxygen atoms in total. The van der Waals surface area contributed by atoms with Crippen LogP contribution < -0.4 is 10.5 Å². The number of likely N-dealkylation sites (tertiary alicyclic amines) is 1. The van der Waals surface area contributed by atoms with E-state index >= 15 is 0 Å². The van der Waals surface area contributed by atoms with Gasteiger partial charge in [0.1, 0.15) is 12.6 Å². The zero-order valence-electron chi connectivity index (χ0n) is 13.3. The fraction of sp³-hybridized carbons (Fsp3) is 0.588. The molecule has 0 amide bonds. The van der Waals surface area contributed by atoms with Gasteiger partial charge in [-0.1, -0.05) is 12.1 Å². The Morgan fingerprint density at radius 1 is 1.48 bits per heavy atom. The minimum atomic E-state index is -1.03. The number of aliphatic hydroxyl groups excluding tert-OH is 1. The quantitative estimate of drug-likeness (QED) is 0.665. The number of piperidine rings is 1. The van der Waals surface area contributed by atoms with E-state index < -0.39 is 16.9 Å². The maximum absolute atomic E-state index is 12.0. The van der Waals surface area contributed by atoms with Gasteiger partial charge in [0.15, 0.2) is 0 Å². The Morgan fingerprint density at radius 3 is 3.09 bits per heavy atom. The molecule has 1 unspecified atom stereocenters. The summed E-state index contributed by atoms with van der Waals surface area (Å²) in [4.78, 5) is 13.4. The molecule has 0 aliphatic carbocycles. The molecule has 5 atom stereocenters. The highest BCUT2D eigenvalue weighted by atomic mass is 32.2. The Labute approximate surface area is 139 Å². The van der Waals surface area contributed by atoms with Gasteiger partial charge in [0.05, 0.1) is 18.8 Å². The summed E-state index contributed by atoms with van der Waals surface area (Å²) >= 11 is 0. The number of rotatable bonds is 6. The van der Waals surface area contributed by atoms with Crippen molar-refractivity contribution in [1.82, 2.24) is 4.57 Å². The van der Waals surface area contributed by atoms with E-state index in [2.05, 4.69) is 12.6 Å². The third-order valence-corrected chi connectivity index (χ3v) is 6.24. The average Bonchev–Trinajstić information content (AvgIpc) is 2.48. The van der Waals surface area contributed by atoms with Crippen LogP contribution in [0.3, 0.4) is 0 Å². The summed E-state index contributed by atoms with van der Waals surface area (Å²) in [6.07, 6.45) is 2.23. The summed E-state index contributed by atoms with van der Waals surface area (Å²) in [6, 6.07) is 5.53. The van der Waals surface area contributed by atoms with Gasteiger partial charge in [-0.25, -0.2) is 0 Å². The van der Waals surface area contributed by atoms with Crippen LogP contribution in [-0.4, -0.2) is 51.1 Å². The minimum absolute atomic E-state index is 0.0977. The predicted molar refractivity (Wildman–Crippen MR) is 91.2 cm³/mol. The molecule has 1 aromatic heterocycles. The number of aromatic nitrogens is 1. The van der Waals surface area contributed by atoms with Crippen molar-refractivity contribution in [3.8, 4) is 0 Å². The molecule has 3 rings (SSSR count). The number of hydrogen-bond donors (Lipinski definition) is 2. The molecular formula is C17H25N2O3S+. The van der Waals surface area contributed by atoms with Gasteiger partial charge in [0.25, 0.3) is 5.56 Å². The van der Waals surface area contributed by atoms with Gasteiger partial charge < -0.3 is 14.6 Å². The number of quaternary nitrogens is 1. The first kappa shape index (κ1) is 16.6. The molecular weight excluding hydrogens is 312 g/mol. The Balaban J connectivity index is 1.65. The number of nitrogens with zero attached hydrogens (tertiary/aromatic N) is 1. The number of aliphatic hydroxyl groups is 1. The largest absolute Gasteiger partial charge is 0.386 e. The summed E-state index contributed by atoms with van der Waals surface area (Å²) in [5.41, 5.74) is 1.23. The predicted octanol–water partition coefficient (Wildman–Crippen LogP) is -0.854.